The molecule has 0 unspecified atom stereocenters. The number of rotatable bonds is 6. The smallest absolute Gasteiger partial charge is 0.271 e. The Labute approximate surface area is 170 Å². The summed E-state index contributed by atoms with van der Waals surface area (Å²) >= 11 is 0. The number of aryl methyl sites for hydroxylation is 1. The highest BCUT2D eigenvalue weighted by Gasteiger charge is 2.10. The molecule has 3 aromatic rings. The van der Waals surface area contributed by atoms with Gasteiger partial charge in [0, 0.05) is 16.8 Å². The summed E-state index contributed by atoms with van der Waals surface area (Å²) in [5.41, 5.74) is 7.00. The normalized spacial score (nSPS) is 11.0. The van der Waals surface area contributed by atoms with E-state index in [9.17, 15) is 9.59 Å². The molecule has 0 spiro atoms. The lowest BCUT2D eigenvalue weighted by atomic mass is 10.1. The molecule has 2 amide bonds. The summed E-state index contributed by atoms with van der Waals surface area (Å²) in [4.78, 5) is 24.8. The molecule has 0 aliphatic heterocycles. The van der Waals surface area contributed by atoms with E-state index in [0.717, 1.165) is 16.8 Å². The van der Waals surface area contributed by atoms with E-state index in [1.807, 2.05) is 62.4 Å². The third-order valence-electron chi connectivity index (χ3n) is 4.53. The van der Waals surface area contributed by atoms with Gasteiger partial charge in [0.15, 0.2) is 0 Å². The molecule has 0 saturated heterocycles. The number of hydrogen-bond donors (Lipinski definition) is 2. The molecule has 29 heavy (non-hydrogen) atoms. The van der Waals surface area contributed by atoms with E-state index in [2.05, 4.69) is 15.8 Å². The molecule has 146 valence electrons. The molecular formula is C24H23N3O2. The Morgan fingerprint density at radius 3 is 2.10 bits per heavy atom. The number of nitrogens with zero attached hydrogens (tertiary/aromatic N) is 1. The summed E-state index contributed by atoms with van der Waals surface area (Å²) < 4.78 is 0. The lowest BCUT2D eigenvalue weighted by Gasteiger charge is -2.08. The maximum atomic E-state index is 12.4. The summed E-state index contributed by atoms with van der Waals surface area (Å²) in [6.07, 6.45) is 0.703. The second-order valence-corrected chi connectivity index (χ2v) is 6.57. The van der Waals surface area contributed by atoms with E-state index in [-0.39, 0.29) is 11.8 Å². The quantitative estimate of drug-likeness (QED) is 0.473. The third-order valence-corrected chi connectivity index (χ3v) is 4.53. The molecule has 0 bridgehead atoms. The zero-order chi connectivity index (χ0) is 20.6. The van der Waals surface area contributed by atoms with Gasteiger partial charge < -0.3 is 5.32 Å². The van der Waals surface area contributed by atoms with Crippen molar-refractivity contribution in [2.75, 3.05) is 5.32 Å². The number of anilines is 1. The SMILES string of the molecule is CCC(=NNC(=O)c1ccc(NC(=O)c2ccccc2C)cc1)c1ccccc1. The topological polar surface area (TPSA) is 70.6 Å². The molecule has 0 heterocycles. The van der Waals surface area contributed by atoms with Gasteiger partial charge in [0.05, 0.1) is 5.71 Å². The van der Waals surface area contributed by atoms with Gasteiger partial charge >= 0.3 is 0 Å². The molecule has 0 fully saturated rings. The van der Waals surface area contributed by atoms with Crippen molar-refractivity contribution in [2.24, 2.45) is 5.10 Å². The standard InChI is InChI=1S/C24H23N3O2/c1-3-22(18-10-5-4-6-11-18)26-27-23(28)19-13-15-20(16-14-19)25-24(29)21-12-8-7-9-17(21)2/h4-16H,3H2,1-2H3,(H,25,29)(H,27,28). The van der Waals surface area contributed by atoms with Crippen LogP contribution in [0.3, 0.4) is 0 Å². The van der Waals surface area contributed by atoms with Crippen LogP contribution in [0, 0.1) is 6.92 Å². The Kier molecular flexibility index (Phi) is 6.53. The Hall–Kier alpha value is -3.73. The molecule has 0 aromatic heterocycles. The number of benzene rings is 3. The van der Waals surface area contributed by atoms with Crippen molar-refractivity contribution in [3.8, 4) is 0 Å². The van der Waals surface area contributed by atoms with E-state index in [0.29, 0.717) is 23.2 Å². The van der Waals surface area contributed by atoms with E-state index >= 15 is 0 Å². The zero-order valence-corrected chi connectivity index (χ0v) is 16.5. The molecule has 0 aliphatic carbocycles. The van der Waals surface area contributed by atoms with Crippen LogP contribution >= 0.6 is 0 Å². The Morgan fingerprint density at radius 1 is 0.793 bits per heavy atom. The van der Waals surface area contributed by atoms with Crippen molar-refractivity contribution in [3.05, 3.63) is 101 Å². The predicted molar refractivity (Wildman–Crippen MR) is 116 cm³/mol. The Morgan fingerprint density at radius 2 is 1.45 bits per heavy atom. The predicted octanol–water partition coefficient (Wildman–Crippen LogP) is 4.79. The highest BCUT2D eigenvalue weighted by molar-refractivity contribution is 6.05. The zero-order valence-electron chi connectivity index (χ0n) is 16.5. The van der Waals surface area contributed by atoms with Gasteiger partial charge in [0.1, 0.15) is 0 Å². The number of carbonyl (C=O) groups is 2. The van der Waals surface area contributed by atoms with E-state index in [4.69, 9.17) is 0 Å². The first-order valence-corrected chi connectivity index (χ1v) is 9.48. The van der Waals surface area contributed by atoms with Crippen molar-refractivity contribution >= 4 is 23.2 Å². The van der Waals surface area contributed by atoms with E-state index < -0.39 is 0 Å². The maximum absolute atomic E-state index is 12.4. The van der Waals surface area contributed by atoms with Crippen LogP contribution in [0.5, 0.6) is 0 Å². The molecule has 3 aromatic carbocycles. The van der Waals surface area contributed by atoms with Gasteiger partial charge in [-0.1, -0.05) is 55.5 Å². The van der Waals surface area contributed by atoms with Gasteiger partial charge in [0.2, 0.25) is 0 Å². The van der Waals surface area contributed by atoms with Crippen LogP contribution in [0.15, 0.2) is 84.0 Å². The van der Waals surface area contributed by atoms with Crippen molar-refractivity contribution in [2.45, 2.75) is 20.3 Å². The Balaban J connectivity index is 1.65. The lowest BCUT2D eigenvalue weighted by molar-refractivity contribution is 0.0954. The van der Waals surface area contributed by atoms with Crippen LogP contribution in [0.4, 0.5) is 5.69 Å². The molecule has 0 radical (unpaired) electrons. The molecule has 2 N–H and O–H groups in total. The molecule has 0 atom stereocenters. The average molecular weight is 385 g/mol. The maximum Gasteiger partial charge on any atom is 0.271 e. The fraction of sp³-hybridized carbons (Fsp3) is 0.125. The monoisotopic (exact) mass is 385 g/mol. The second-order valence-electron chi connectivity index (χ2n) is 6.57. The summed E-state index contributed by atoms with van der Waals surface area (Å²) in [5, 5.41) is 7.10. The van der Waals surface area contributed by atoms with Gasteiger partial charge in [-0.2, -0.15) is 5.10 Å². The number of amides is 2. The number of hydrogen-bond acceptors (Lipinski definition) is 3. The summed E-state index contributed by atoms with van der Waals surface area (Å²) in [5.74, 6) is -0.482. The second kappa shape index (κ2) is 9.46. The number of hydrazone groups is 1. The molecule has 0 aliphatic rings. The first-order chi connectivity index (χ1) is 14.1. The van der Waals surface area contributed by atoms with Gasteiger partial charge in [-0.15, -0.1) is 0 Å². The molecule has 5 heteroatoms. The molecule has 3 rings (SSSR count). The van der Waals surface area contributed by atoms with Crippen LogP contribution in [0.2, 0.25) is 0 Å². The summed E-state index contributed by atoms with van der Waals surface area (Å²) in [7, 11) is 0. The van der Waals surface area contributed by atoms with Gasteiger partial charge in [-0.05, 0) is 54.8 Å². The fourth-order valence-electron chi connectivity index (χ4n) is 2.89. The van der Waals surface area contributed by atoms with Crippen molar-refractivity contribution in [1.29, 1.82) is 0 Å². The van der Waals surface area contributed by atoms with Gasteiger partial charge in [-0.3, -0.25) is 9.59 Å². The minimum Gasteiger partial charge on any atom is -0.322 e. The largest absolute Gasteiger partial charge is 0.322 e. The number of nitrogens with one attached hydrogen (secondary N) is 2. The fourth-order valence-corrected chi connectivity index (χ4v) is 2.89. The highest BCUT2D eigenvalue weighted by atomic mass is 16.2. The van der Waals surface area contributed by atoms with Crippen LogP contribution in [0.1, 0.15) is 45.2 Å². The van der Waals surface area contributed by atoms with Crippen LogP contribution in [-0.2, 0) is 0 Å². The van der Waals surface area contributed by atoms with Crippen LogP contribution in [0.25, 0.3) is 0 Å². The minimum atomic E-state index is -0.302. The molecular weight excluding hydrogens is 362 g/mol. The van der Waals surface area contributed by atoms with Gasteiger partial charge in [0.25, 0.3) is 11.8 Å². The minimum absolute atomic E-state index is 0.180. The van der Waals surface area contributed by atoms with Crippen LogP contribution < -0.4 is 10.7 Å². The first-order valence-electron chi connectivity index (χ1n) is 9.48. The average Bonchev–Trinajstić information content (AvgIpc) is 2.75. The van der Waals surface area contributed by atoms with Crippen molar-refractivity contribution < 1.29 is 9.59 Å². The highest BCUT2D eigenvalue weighted by Crippen LogP contribution is 2.14. The molecule has 0 saturated carbocycles. The van der Waals surface area contributed by atoms with Crippen molar-refractivity contribution in [3.63, 3.8) is 0 Å². The Bertz CT molecular complexity index is 1030. The van der Waals surface area contributed by atoms with Gasteiger partial charge in [-0.25, -0.2) is 5.43 Å². The van der Waals surface area contributed by atoms with E-state index in [1.54, 1.807) is 30.3 Å². The summed E-state index contributed by atoms with van der Waals surface area (Å²) in [6, 6.07) is 23.8. The van der Waals surface area contributed by atoms with Crippen LogP contribution in [-0.4, -0.2) is 17.5 Å². The first kappa shape index (κ1) is 20.0. The number of carbonyl (C=O) groups excluding carboxylic acids is 2. The van der Waals surface area contributed by atoms with E-state index in [1.165, 1.54) is 0 Å². The lowest BCUT2D eigenvalue weighted by Crippen LogP contribution is -2.20. The molecule has 5 nitrogen and oxygen atoms in total. The van der Waals surface area contributed by atoms with Crippen molar-refractivity contribution in [1.82, 2.24) is 5.43 Å². The summed E-state index contributed by atoms with van der Waals surface area (Å²) in [6.45, 7) is 3.88. The third kappa shape index (κ3) is 5.17.